The van der Waals surface area contributed by atoms with Gasteiger partial charge in [0.25, 0.3) is 0 Å². The van der Waals surface area contributed by atoms with Gasteiger partial charge in [0.1, 0.15) is 23.6 Å². The molecule has 1 saturated heterocycles. The average Bonchev–Trinajstić information content (AvgIpc) is 2.70. The van der Waals surface area contributed by atoms with Crippen molar-refractivity contribution in [3.05, 3.63) is 30.3 Å². The third-order valence-corrected chi connectivity index (χ3v) is 5.03. The smallest absolute Gasteiger partial charge is 0.408 e. The van der Waals surface area contributed by atoms with Gasteiger partial charge in [0.2, 0.25) is 0 Å². The minimum absolute atomic E-state index is 0.0175. The Morgan fingerprint density at radius 3 is 2.48 bits per heavy atom. The number of ether oxygens (including phenoxy) is 4. The second kappa shape index (κ2) is 11.4. The fourth-order valence-corrected chi connectivity index (χ4v) is 3.44. The Balaban J connectivity index is 2.15. The van der Waals surface area contributed by atoms with Crippen LogP contribution in [0.4, 0.5) is 4.79 Å². The van der Waals surface area contributed by atoms with Gasteiger partial charge < -0.3 is 24.3 Å². The molecule has 1 aliphatic rings. The Morgan fingerprint density at radius 2 is 1.87 bits per heavy atom. The number of esters is 1. The molecule has 1 amide bonds. The number of benzene rings is 1. The first-order valence-electron chi connectivity index (χ1n) is 11.0. The summed E-state index contributed by atoms with van der Waals surface area (Å²) in [4.78, 5) is 24.9. The lowest BCUT2D eigenvalue weighted by atomic mass is 9.89. The van der Waals surface area contributed by atoms with Crippen LogP contribution in [-0.4, -0.2) is 49.1 Å². The van der Waals surface area contributed by atoms with Gasteiger partial charge in [-0.05, 0) is 52.2 Å². The summed E-state index contributed by atoms with van der Waals surface area (Å²) in [6, 6.07) is 8.61. The quantitative estimate of drug-likeness (QED) is 0.669. The first kappa shape index (κ1) is 25.0. The van der Waals surface area contributed by atoms with Crippen LogP contribution in [-0.2, 0) is 19.0 Å². The van der Waals surface area contributed by atoms with Crippen molar-refractivity contribution >= 4 is 12.1 Å². The van der Waals surface area contributed by atoms with E-state index in [1.165, 1.54) is 0 Å². The van der Waals surface area contributed by atoms with E-state index in [4.69, 9.17) is 18.9 Å². The topological polar surface area (TPSA) is 83.1 Å². The molecule has 1 aliphatic heterocycles. The number of hydrogen-bond acceptors (Lipinski definition) is 6. The van der Waals surface area contributed by atoms with Gasteiger partial charge in [0.15, 0.2) is 6.04 Å². The molecular weight excluding hydrogens is 398 g/mol. The molecule has 0 aliphatic carbocycles. The molecule has 1 aromatic rings. The predicted molar refractivity (Wildman–Crippen MR) is 118 cm³/mol. The van der Waals surface area contributed by atoms with Gasteiger partial charge in [-0.2, -0.15) is 0 Å². The average molecular weight is 436 g/mol. The Bertz CT molecular complexity index is 700. The SMILES string of the molecule is CC(C)CC[C@H]1[C@H](C)OC(=O)[C@@H](NC(=O)OC(C)(C)C)COC[C@@H]1Oc1ccccc1. The number of nitrogens with one attached hydrogen (secondary N) is 1. The van der Waals surface area contributed by atoms with Crippen molar-refractivity contribution in [3.8, 4) is 5.75 Å². The molecule has 7 nitrogen and oxygen atoms in total. The normalized spacial score (nSPS) is 25.1. The summed E-state index contributed by atoms with van der Waals surface area (Å²) in [6.07, 6.45) is 0.435. The molecule has 1 fully saturated rings. The molecule has 0 spiro atoms. The van der Waals surface area contributed by atoms with Gasteiger partial charge in [0, 0.05) is 5.92 Å². The molecule has 31 heavy (non-hydrogen) atoms. The van der Waals surface area contributed by atoms with E-state index in [9.17, 15) is 9.59 Å². The molecule has 2 rings (SSSR count). The summed E-state index contributed by atoms with van der Waals surface area (Å²) in [5.74, 6) is 0.669. The number of para-hydroxylation sites is 1. The van der Waals surface area contributed by atoms with Gasteiger partial charge in [-0.25, -0.2) is 9.59 Å². The van der Waals surface area contributed by atoms with Crippen LogP contribution in [0.1, 0.15) is 54.4 Å². The zero-order valence-electron chi connectivity index (χ0n) is 19.6. The van der Waals surface area contributed by atoms with Crippen molar-refractivity contribution in [3.63, 3.8) is 0 Å². The third kappa shape index (κ3) is 8.77. The molecule has 1 heterocycles. The highest BCUT2D eigenvalue weighted by atomic mass is 16.6. The van der Waals surface area contributed by atoms with Crippen molar-refractivity contribution in [2.24, 2.45) is 11.8 Å². The van der Waals surface area contributed by atoms with Crippen molar-refractivity contribution in [1.29, 1.82) is 0 Å². The van der Waals surface area contributed by atoms with Gasteiger partial charge in [-0.15, -0.1) is 0 Å². The molecule has 0 radical (unpaired) electrons. The van der Waals surface area contributed by atoms with Crippen LogP contribution in [0, 0.1) is 11.8 Å². The molecule has 0 unspecified atom stereocenters. The zero-order chi connectivity index (χ0) is 23.0. The fraction of sp³-hybridized carbons (Fsp3) is 0.667. The number of carbonyl (C=O) groups excluding carboxylic acids is 2. The fourth-order valence-electron chi connectivity index (χ4n) is 3.44. The number of hydrogen-bond donors (Lipinski definition) is 1. The summed E-state index contributed by atoms with van der Waals surface area (Å²) in [5.41, 5.74) is -0.669. The number of carbonyl (C=O) groups is 2. The second-order valence-electron chi connectivity index (χ2n) is 9.48. The summed E-state index contributed by atoms with van der Waals surface area (Å²) in [6.45, 7) is 11.8. The molecular formula is C24H37NO6. The summed E-state index contributed by atoms with van der Waals surface area (Å²) in [5, 5.41) is 2.57. The maximum Gasteiger partial charge on any atom is 0.408 e. The van der Waals surface area contributed by atoms with E-state index in [-0.39, 0.29) is 25.2 Å². The van der Waals surface area contributed by atoms with E-state index in [0.29, 0.717) is 5.92 Å². The van der Waals surface area contributed by atoms with Crippen LogP contribution < -0.4 is 10.1 Å². The van der Waals surface area contributed by atoms with Crippen molar-refractivity contribution in [2.45, 2.75) is 78.2 Å². The van der Waals surface area contributed by atoms with E-state index in [1.54, 1.807) is 20.8 Å². The number of alkyl carbamates (subject to hydrolysis) is 1. The van der Waals surface area contributed by atoms with E-state index < -0.39 is 29.8 Å². The number of cyclic esters (lactones) is 1. The Labute approximate surface area is 185 Å². The molecule has 4 atom stereocenters. The molecule has 1 N–H and O–H groups in total. The highest BCUT2D eigenvalue weighted by molar-refractivity contribution is 5.81. The number of rotatable bonds is 6. The number of amides is 1. The first-order valence-corrected chi connectivity index (χ1v) is 11.0. The van der Waals surface area contributed by atoms with Crippen LogP contribution in [0.3, 0.4) is 0 Å². The lowest BCUT2D eigenvalue weighted by Gasteiger charge is -2.31. The van der Waals surface area contributed by atoms with Gasteiger partial charge in [0.05, 0.1) is 13.2 Å². The van der Waals surface area contributed by atoms with E-state index in [0.717, 1.165) is 18.6 Å². The van der Waals surface area contributed by atoms with Gasteiger partial charge >= 0.3 is 12.1 Å². The summed E-state index contributed by atoms with van der Waals surface area (Å²) >= 11 is 0. The van der Waals surface area contributed by atoms with Crippen LogP contribution in [0.5, 0.6) is 5.75 Å². The minimum Gasteiger partial charge on any atom is -0.488 e. The van der Waals surface area contributed by atoms with Crippen molar-refractivity contribution in [2.75, 3.05) is 13.2 Å². The Morgan fingerprint density at radius 1 is 1.19 bits per heavy atom. The maximum atomic E-state index is 12.8. The maximum absolute atomic E-state index is 12.8. The van der Waals surface area contributed by atoms with Crippen LogP contribution in [0.2, 0.25) is 0 Å². The van der Waals surface area contributed by atoms with E-state index in [2.05, 4.69) is 19.2 Å². The standard InChI is InChI=1S/C24H37NO6/c1-16(2)12-13-19-17(3)29-22(26)20(25-23(27)31-24(4,5)6)14-28-15-21(19)30-18-10-8-7-9-11-18/h7-11,16-17,19-21H,12-15H2,1-6H3,(H,25,27)/t17-,19-,20-,21-/m0/s1. The second-order valence-corrected chi connectivity index (χ2v) is 9.48. The molecule has 0 bridgehead atoms. The highest BCUT2D eigenvalue weighted by Crippen LogP contribution is 2.27. The van der Waals surface area contributed by atoms with E-state index in [1.807, 2.05) is 37.3 Å². The molecule has 1 aromatic carbocycles. The first-order chi connectivity index (χ1) is 14.5. The zero-order valence-corrected chi connectivity index (χ0v) is 19.6. The minimum atomic E-state index is -0.946. The molecule has 174 valence electrons. The van der Waals surface area contributed by atoms with Crippen LogP contribution in [0.15, 0.2) is 30.3 Å². The van der Waals surface area contributed by atoms with Crippen LogP contribution in [0.25, 0.3) is 0 Å². The van der Waals surface area contributed by atoms with Gasteiger partial charge in [-0.3, -0.25) is 0 Å². The summed E-state index contributed by atoms with van der Waals surface area (Å²) in [7, 11) is 0. The molecule has 7 heteroatoms. The van der Waals surface area contributed by atoms with Gasteiger partial charge in [-0.1, -0.05) is 38.5 Å². The Kier molecular flexibility index (Phi) is 9.16. The largest absolute Gasteiger partial charge is 0.488 e. The third-order valence-electron chi connectivity index (χ3n) is 5.03. The van der Waals surface area contributed by atoms with Crippen molar-refractivity contribution in [1.82, 2.24) is 5.32 Å². The van der Waals surface area contributed by atoms with E-state index >= 15 is 0 Å². The Hall–Kier alpha value is -2.28. The van der Waals surface area contributed by atoms with Crippen LogP contribution >= 0.6 is 0 Å². The molecule has 0 saturated carbocycles. The monoisotopic (exact) mass is 435 g/mol. The summed E-state index contributed by atoms with van der Waals surface area (Å²) < 4.78 is 23.1. The lowest BCUT2D eigenvalue weighted by Crippen LogP contribution is -2.47. The predicted octanol–water partition coefficient (Wildman–Crippen LogP) is 4.34. The highest BCUT2D eigenvalue weighted by Gasteiger charge is 2.36. The molecule has 0 aromatic heterocycles. The lowest BCUT2D eigenvalue weighted by molar-refractivity contribution is -0.154. The van der Waals surface area contributed by atoms with Crippen molar-refractivity contribution < 1.29 is 28.5 Å².